The highest BCUT2D eigenvalue weighted by molar-refractivity contribution is 5.74. The normalized spacial score (nSPS) is 19.3. The van der Waals surface area contributed by atoms with E-state index >= 15 is 0 Å². The molecule has 0 spiro atoms. The summed E-state index contributed by atoms with van der Waals surface area (Å²) in [5.41, 5.74) is 1.37. The fourth-order valence-corrected chi connectivity index (χ4v) is 2.47. The Kier molecular flexibility index (Phi) is 4.24. The van der Waals surface area contributed by atoms with Gasteiger partial charge in [0.25, 0.3) is 0 Å². The van der Waals surface area contributed by atoms with Crippen LogP contribution in [0.25, 0.3) is 0 Å². The highest BCUT2D eigenvalue weighted by atomic mass is 16.2. The molecule has 1 aliphatic heterocycles. The first-order valence-corrected chi connectivity index (χ1v) is 6.74. The molecule has 98 valence electrons. The minimum Gasteiger partial charge on any atom is -0.336 e. The average Bonchev–Trinajstić information content (AvgIpc) is 2.78. The van der Waals surface area contributed by atoms with Crippen LogP contribution in [-0.4, -0.2) is 30.1 Å². The molecule has 1 heterocycles. The molecule has 0 aromatic heterocycles. The van der Waals surface area contributed by atoms with E-state index in [4.69, 9.17) is 0 Å². The van der Waals surface area contributed by atoms with Crippen LogP contribution in [0.15, 0.2) is 30.3 Å². The summed E-state index contributed by atoms with van der Waals surface area (Å²) >= 11 is 0. The van der Waals surface area contributed by atoms with Crippen molar-refractivity contribution in [2.75, 3.05) is 13.1 Å². The molecule has 0 radical (unpaired) electrons. The van der Waals surface area contributed by atoms with Gasteiger partial charge in [-0.1, -0.05) is 30.3 Å². The van der Waals surface area contributed by atoms with Crippen LogP contribution in [0, 0.1) is 5.92 Å². The number of likely N-dealkylation sites (tertiary alicyclic amines) is 1. The molecule has 1 aliphatic rings. The summed E-state index contributed by atoms with van der Waals surface area (Å²) in [4.78, 5) is 13.8. The standard InChI is InChI=1S/C15H22N2O/c1-12(2)16-15(18)17-9-8-14(11-17)10-13-6-4-3-5-7-13/h3-7,12,14H,8-11H2,1-2H3,(H,16,18). The van der Waals surface area contributed by atoms with Gasteiger partial charge in [0.1, 0.15) is 0 Å². The number of urea groups is 1. The highest BCUT2D eigenvalue weighted by Gasteiger charge is 2.26. The molecule has 1 saturated heterocycles. The van der Waals surface area contributed by atoms with Crippen molar-refractivity contribution in [1.29, 1.82) is 0 Å². The Morgan fingerprint density at radius 3 is 2.78 bits per heavy atom. The van der Waals surface area contributed by atoms with E-state index in [0.717, 1.165) is 25.9 Å². The van der Waals surface area contributed by atoms with Crippen molar-refractivity contribution in [3.63, 3.8) is 0 Å². The summed E-state index contributed by atoms with van der Waals surface area (Å²) in [7, 11) is 0. The first-order valence-electron chi connectivity index (χ1n) is 6.74. The SMILES string of the molecule is CC(C)NC(=O)N1CCC(Cc2ccccc2)C1. The molecule has 1 aromatic carbocycles. The molecule has 0 bridgehead atoms. The summed E-state index contributed by atoms with van der Waals surface area (Å²) in [5, 5.41) is 2.96. The van der Waals surface area contributed by atoms with Crippen LogP contribution < -0.4 is 5.32 Å². The zero-order valence-electron chi connectivity index (χ0n) is 11.2. The van der Waals surface area contributed by atoms with Crippen LogP contribution in [0.1, 0.15) is 25.8 Å². The molecular weight excluding hydrogens is 224 g/mol. The van der Waals surface area contributed by atoms with Gasteiger partial charge in [0.05, 0.1) is 0 Å². The quantitative estimate of drug-likeness (QED) is 0.873. The molecule has 2 amide bonds. The Bertz CT molecular complexity index is 389. The summed E-state index contributed by atoms with van der Waals surface area (Å²) in [6, 6.07) is 10.8. The maximum atomic E-state index is 11.9. The fourth-order valence-electron chi connectivity index (χ4n) is 2.47. The molecule has 2 rings (SSSR count). The Morgan fingerprint density at radius 1 is 1.39 bits per heavy atom. The van der Waals surface area contributed by atoms with Crippen molar-refractivity contribution in [1.82, 2.24) is 10.2 Å². The molecule has 1 aromatic rings. The monoisotopic (exact) mass is 246 g/mol. The number of rotatable bonds is 3. The predicted molar refractivity (Wildman–Crippen MR) is 73.5 cm³/mol. The number of amides is 2. The van der Waals surface area contributed by atoms with Crippen molar-refractivity contribution >= 4 is 6.03 Å². The fraction of sp³-hybridized carbons (Fsp3) is 0.533. The van der Waals surface area contributed by atoms with E-state index in [2.05, 4.69) is 29.6 Å². The molecule has 1 N–H and O–H groups in total. The molecule has 3 heteroatoms. The van der Waals surface area contributed by atoms with Gasteiger partial charge in [-0.15, -0.1) is 0 Å². The number of nitrogens with one attached hydrogen (secondary N) is 1. The maximum absolute atomic E-state index is 11.9. The maximum Gasteiger partial charge on any atom is 0.317 e. The molecule has 0 aliphatic carbocycles. The lowest BCUT2D eigenvalue weighted by Crippen LogP contribution is -2.41. The van der Waals surface area contributed by atoms with Gasteiger partial charge in [-0.25, -0.2) is 4.79 Å². The van der Waals surface area contributed by atoms with Gasteiger partial charge in [0.2, 0.25) is 0 Å². The molecule has 1 atom stereocenters. The zero-order chi connectivity index (χ0) is 13.0. The van der Waals surface area contributed by atoms with Crippen molar-refractivity contribution in [2.45, 2.75) is 32.7 Å². The van der Waals surface area contributed by atoms with E-state index in [1.807, 2.05) is 24.8 Å². The summed E-state index contributed by atoms with van der Waals surface area (Å²) in [6.07, 6.45) is 2.19. The van der Waals surface area contributed by atoms with Gasteiger partial charge in [-0.2, -0.15) is 0 Å². The number of hydrogen-bond acceptors (Lipinski definition) is 1. The van der Waals surface area contributed by atoms with Gasteiger partial charge >= 0.3 is 6.03 Å². The van der Waals surface area contributed by atoms with Gasteiger partial charge in [-0.3, -0.25) is 0 Å². The minimum atomic E-state index is 0.0839. The number of carbonyl (C=O) groups excluding carboxylic acids is 1. The molecule has 1 fully saturated rings. The molecule has 3 nitrogen and oxygen atoms in total. The lowest BCUT2D eigenvalue weighted by Gasteiger charge is -2.19. The zero-order valence-corrected chi connectivity index (χ0v) is 11.2. The average molecular weight is 246 g/mol. The van der Waals surface area contributed by atoms with Crippen LogP contribution in [0.5, 0.6) is 0 Å². The second-order valence-electron chi connectivity index (χ2n) is 5.39. The van der Waals surface area contributed by atoms with Gasteiger partial charge in [-0.05, 0) is 38.2 Å². The van der Waals surface area contributed by atoms with Crippen LogP contribution in [0.4, 0.5) is 4.79 Å². The number of nitrogens with zero attached hydrogens (tertiary/aromatic N) is 1. The Hall–Kier alpha value is -1.51. The van der Waals surface area contributed by atoms with Gasteiger partial charge in [0, 0.05) is 19.1 Å². The first-order chi connectivity index (χ1) is 8.65. The molecular formula is C15H22N2O. The molecule has 0 saturated carbocycles. The Balaban J connectivity index is 1.83. The van der Waals surface area contributed by atoms with Crippen molar-refractivity contribution in [3.8, 4) is 0 Å². The highest BCUT2D eigenvalue weighted by Crippen LogP contribution is 2.20. The van der Waals surface area contributed by atoms with E-state index in [1.54, 1.807) is 0 Å². The third kappa shape index (κ3) is 3.49. The predicted octanol–water partition coefficient (Wildman–Crippen LogP) is 2.67. The summed E-state index contributed by atoms with van der Waals surface area (Å²) < 4.78 is 0. The van der Waals surface area contributed by atoms with Crippen LogP contribution in [0.3, 0.4) is 0 Å². The van der Waals surface area contributed by atoms with E-state index in [9.17, 15) is 4.79 Å². The number of carbonyl (C=O) groups is 1. The van der Waals surface area contributed by atoms with Crippen LogP contribution in [-0.2, 0) is 6.42 Å². The number of benzene rings is 1. The third-order valence-electron chi connectivity index (χ3n) is 3.35. The van der Waals surface area contributed by atoms with Crippen molar-refractivity contribution in [2.24, 2.45) is 5.92 Å². The summed E-state index contributed by atoms with van der Waals surface area (Å²) in [6.45, 7) is 5.76. The summed E-state index contributed by atoms with van der Waals surface area (Å²) in [5.74, 6) is 0.602. The minimum absolute atomic E-state index is 0.0839. The van der Waals surface area contributed by atoms with E-state index in [0.29, 0.717) is 5.92 Å². The second kappa shape index (κ2) is 5.89. The lowest BCUT2D eigenvalue weighted by atomic mass is 9.99. The second-order valence-corrected chi connectivity index (χ2v) is 5.39. The molecule has 1 unspecified atom stereocenters. The largest absolute Gasteiger partial charge is 0.336 e. The van der Waals surface area contributed by atoms with E-state index < -0.39 is 0 Å². The van der Waals surface area contributed by atoms with Gasteiger partial charge in [0.15, 0.2) is 0 Å². The Morgan fingerprint density at radius 2 is 2.11 bits per heavy atom. The van der Waals surface area contributed by atoms with Crippen molar-refractivity contribution in [3.05, 3.63) is 35.9 Å². The van der Waals surface area contributed by atoms with Crippen molar-refractivity contribution < 1.29 is 4.79 Å². The number of hydrogen-bond donors (Lipinski definition) is 1. The Labute approximate surface area is 109 Å². The van der Waals surface area contributed by atoms with Crippen LogP contribution >= 0.6 is 0 Å². The molecule has 18 heavy (non-hydrogen) atoms. The topological polar surface area (TPSA) is 32.3 Å². The lowest BCUT2D eigenvalue weighted by molar-refractivity contribution is 0.204. The van der Waals surface area contributed by atoms with E-state index in [-0.39, 0.29) is 12.1 Å². The van der Waals surface area contributed by atoms with Crippen LogP contribution in [0.2, 0.25) is 0 Å². The smallest absolute Gasteiger partial charge is 0.317 e. The third-order valence-corrected chi connectivity index (χ3v) is 3.35. The first kappa shape index (κ1) is 12.9. The van der Waals surface area contributed by atoms with E-state index in [1.165, 1.54) is 5.56 Å². The van der Waals surface area contributed by atoms with Gasteiger partial charge < -0.3 is 10.2 Å².